The molecule has 1 aromatic rings. The van der Waals surface area contributed by atoms with Gasteiger partial charge in [-0.2, -0.15) is 15.0 Å². The van der Waals surface area contributed by atoms with E-state index >= 15 is 0 Å². The summed E-state index contributed by atoms with van der Waals surface area (Å²) in [6.45, 7) is 7.38. The quantitative estimate of drug-likeness (QED) is 0.768. The zero-order valence-electron chi connectivity index (χ0n) is 11.9. The second-order valence-electron chi connectivity index (χ2n) is 4.77. The lowest BCUT2D eigenvalue weighted by atomic mass is 10.3. The number of anilines is 2. The van der Waals surface area contributed by atoms with Crippen LogP contribution in [-0.4, -0.2) is 41.3 Å². The topological polar surface area (TPSA) is 53.9 Å². The zero-order valence-corrected chi connectivity index (χ0v) is 12.7. The number of rotatable bonds is 7. The fraction of sp³-hybridized carbons (Fsp3) is 0.750. The maximum Gasteiger partial charge on any atom is 0.230 e. The third kappa shape index (κ3) is 5.08. The summed E-state index contributed by atoms with van der Waals surface area (Å²) in [5, 5.41) is 4.01. The fourth-order valence-corrected chi connectivity index (χ4v) is 1.95. The molecule has 0 aliphatic heterocycles. The molecule has 0 bridgehead atoms. The summed E-state index contributed by atoms with van der Waals surface area (Å²) in [6.07, 6.45) is 1.05. The standard InChI is InChI=1S/C12H23N5S/c1-6-7-13-10-14-11(17(4)5)16-12(15-10)18-8-9(2)3/h9H,6-8H2,1-5H3,(H,13,14,15,16). The predicted octanol–water partition coefficient (Wildman–Crippen LogP) is 2.51. The van der Waals surface area contributed by atoms with E-state index < -0.39 is 0 Å². The number of aromatic nitrogens is 3. The molecule has 5 nitrogen and oxygen atoms in total. The highest BCUT2D eigenvalue weighted by molar-refractivity contribution is 7.99. The lowest BCUT2D eigenvalue weighted by Gasteiger charge is -2.13. The van der Waals surface area contributed by atoms with E-state index in [-0.39, 0.29) is 0 Å². The van der Waals surface area contributed by atoms with Crippen molar-refractivity contribution in [3.8, 4) is 0 Å². The van der Waals surface area contributed by atoms with Gasteiger partial charge in [-0.25, -0.2) is 0 Å². The van der Waals surface area contributed by atoms with Crippen molar-refractivity contribution in [2.75, 3.05) is 36.6 Å². The highest BCUT2D eigenvalue weighted by Gasteiger charge is 2.08. The Balaban J connectivity index is 2.83. The molecule has 0 saturated carbocycles. The summed E-state index contributed by atoms with van der Waals surface area (Å²) < 4.78 is 0. The maximum absolute atomic E-state index is 4.44. The van der Waals surface area contributed by atoms with Gasteiger partial charge in [0.2, 0.25) is 11.9 Å². The van der Waals surface area contributed by atoms with Crippen LogP contribution >= 0.6 is 11.8 Å². The first-order chi connectivity index (χ1) is 8.52. The van der Waals surface area contributed by atoms with E-state index in [1.807, 2.05) is 19.0 Å². The molecule has 6 heteroatoms. The fourth-order valence-electron chi connectivity index (χ4n) is 1.17. The van der Waals surface area contributed by atoms with Crippen molar-refractivity contribution in [1.29, 1.82) is 0 Å². The van der Waals surface area contributed by atoms with Gasteiger partial charge >= 0.3 is 0 Å². The number of hydrogen-bond donors (Lipinski definition) is 1. The number of hydrogen-bond acceptors (Lipinski definition) is 6. The lowest BCUT2D eigenvalue weighted by Crippen LogP contribution is -2.16. The molecule has 0 atom stereocenters. The molecule has 0 radical (unpaired) electrons. The molecule has 0 aliphatic rings. The van der Waals surface area contributed by atoms with Gasteiger partial charge in [-0.05, 0) is 12.3 Å². The average Bonchev–Trinajstić information content (AvgIpc) is 2.33. The number of nitrogens with one attached hydrogen (secondary N) is 1. The van der Waals surface area contributed by atoms with Crippen LogP contribution in [0.15, 0.2) is 5.16 Å². The average molecular weight is 269 g/mol. The number of nitrogens with zero attached hydrogens (tertiary/aromatic N) is 4. The van der Waals surface area contributed by atoms with Crippen LogP contribution in [0, 0.1) is 5.92 Å². The van der Waals surface area contributed by atoms with Crippen molar-refractivity contribution in [1.82, 2.24) is 15.0 Å². The summed E-state index contributed by atoms with van der Waals surface area (Å²) in [4.78, 5) is 15.1. The Labute approximate surface area is 114 Å². The molecular formula is C12H23N5S. The van der Waals surface area contributed by atoms with Gasteiger partial charge in [0.1, 0.15) is 0 Å². The molecule has 18 heavy (non-hydrogen) atoms. The van der Waals surface area contributed by atoms with Gasteiger partial charge in [-0.1, -0.05) is 32.5 Å². The molecule has 1 heterocycles. The Kier molecular flexibility index (Phi) is 6.18. The third-order valence-corrected chi connectivity index (χ3v) is 3.36. The predicted molar refractivity (Wildman–Crippen MR) is 78.5 cm³/mol. The monoisotopic (exact) mass is 269 g/mol. The lowest BCUT2D eigenvalue weighted by molar-refractivity contribution is 0.746. The second-order valence-corrected chi connectivity index (χ2v) is 5.75. The summed E-state index contributed by atoms with van der Waals surface area (Å²) in [5.41, 5.74) is 0. The molecule has 1 N–H and O–H groups in total. The summed E-state index contributed by atoms with van der Waals surface area (Å²) in [5.74, 6) is 3.02. The first-order valence-corrected chi connectivity index (χ1v) is 7.31. The van der Waals surface area contributed by atoms with Crippen LogP contribution in [0.4, 0.5) is 11.9 Å². The first-order valence-electron chi connectivity index (χ1n) is 6.33. The maximum atomic E-state index is 4.44. The SMILES string of the molecule is CCCNc1nc(SCC(C)C)nc(N(C)C)n1. The van der Waals surface area contributed by atoms with E-state index in [1.165, 1.54) is 0 Å². The van der Waals surface area contributed by atoms with Crippen LogP contribution < -0.4 is 10.2 Å². The smallest absolute Gasteiger partial charge is 0.230 e. The second kappa shape index (κ2) is 7.41. The molecule has 0 spiro atoms. The molecule has 1 aromatic heterocycles. The summed E-state index contributed by atoms with van der Waals surface area (Å²) >= 11 is 1.68. The van der Waals surface area contributed by atoms with E-state index in [1.54, 1.807) is 11.8 Å². The molecule has 0 fully saturated rings. The summed E-state index contributed by atoms with van der Waals surface area (Å²) in [7, 11) is 3.88. The van der Waals surface area contributed by atoms with Crippen molar-refractivity contribution in [3.63, 3.8) is 0 Å². The van der Waals surface area contributed by atoms with Crippen LogP contribution in [0.25, 0.3) is 0 Å². The van der Waals surface area contributed by atoms with Crippen LogP contribution in [0.2, 0.25) is 0 Å². The van der Waals surface area contributed by atoms with Gasteiger partial charge in [0.15, 0.2) is 5.16 Å². The van der Waals surface area contributed by atoms with Gasteiger partial charge in [0, 0.05) is 26.4 Å². The van der Waals surface area contributed by atoms with E-state index in [2.05, 4.69) is 41.0 Å². The molecular weight excluding hydrogens is 246 g/mol. The van der Waals surface area contributed by atoms with Crippen LogP contribution in [0.1, 0.15) is 27.2 Å². The molecule has 0 saturated heterocycles. The molecule has 0 unspecified atom stereocenters. The minimum Gasteiger partial charge on any atom is -0.354 e. The highest BCUT2D eigenvalue weighted by Crippen LogP contribution is 2.19. The van der Waals surface area contributed by atoms with E-state index in [0.29, 0.717) is 17.8 Å². The minimum atomic E-state index is 0.627. The Morgan fingerprint density at radius 3 is 2.50 bits per heavy atom. The highest BCUT2D eigenvalue weighted by atomic mass is 32.2. The van der Waals surface area contributed by atoms with Crippen LogP contribution in [-0.2, 0) is 0 Å². The van der Waals surface area contributed by atoms with Crippen LogP contribution in [0.5, 0.6) is 0 Å². The Bertz CT molecular complexity index is 367. The van der Waals surface area contributed by atoms with Gasteiger partial charge in [-0.15, -0.1) is 0 Å². The molecule has 0 aliphatic carbocycles. The molecule has 0 aromatic carbocycles. The van der Waals surface area contributed by atoms with Crippen molar-refractivity contribution < 1.29 is 0 Å². The largest absolute Gasteiger partial charge is 0.354 e. The van der Waals surface area contributed by atoms with E-state index in [4.69, 9.17) is 0 Å². The Morgan fingerprint density at radius 2 is 1.94 bits per heavy atom. The van der Waals surface area contributed by atoms with Crippen LogP contribution in [0.3, 0.4) is 0 Å². The number of thioether (sulfide) groups is 1. The van der Waals surface area contributed by atoms with Gasteiger partial charge in [0.05, 0.1) is 0 Å². The van der Waals surface area contributed by atoms with Gasteiger partial charge in [-0.3, -0.25) is 0 Å². The van der Waals surface area contributed by atoms with Crippen molar-refractivity contribution in [2.45, 2.75) is 32.3 Å². The van der Waals surface area contributed by atoms with Crippen molar-refractivity contribution in [2.24, 2.45) is 5.92 Å². The molecule has 1 rings (SSSR count). The molecule has 0 amide bonds. The van der Waals surface area contributed by atoms with Gasteiger partial charge < -0.3 is 10.2 Å². The zero-order chi connectivity index (χ0) is 13.5. The normalized spacial score (nSPS) is 10.8. The Morgan fingerprint density at radius 1 is 1.22 bits per heavy atom. The third-order valence-electron chi connectivity index (χ3n) is 2.08. The van der Waals surface area contributed by atoms with Crippen molar-refractivity contribution >= 4 is 23.7 Å². The Hall–Kier alpha value is -1.04. The molecule has 102 valence electrons. The minimum absolute atomic E-state index is 0.627. The van der Waals surface area contributed by atoms with Crippen molar-refractivity contribution in [3.05, 3.63) is 0 Å². The van der Waals surface area contributed by atoms with E-state index in [9.17, 15) is 0 Å². The first kappa shape index (κ1) is 15.0. The summed E-state index contributed by atoms with van der Waals surface area (Å²) in [6, 6.07) is 0. The van der Waals surface area contributed by atoms with Gasteiger partial charge in [0.25, 0.3) is 0 Å². The van der Waals surface area contributed by atoms with E-state index in [0.717, 1.165) is 23.9 Å².